The molecule has 72 heavy (non-hydrogen) atoms. The minimum absolute atomic E-state index is 0.0561. The Morgan fingerprint density at radius 2 is 1.44 bits per heavy atom. The molecule has 2 amide bonds. The van der Waals surface area contributed by atoms with Gasteiger partial charge in [0.2, 0.25) is 5.89 Å². The van der Waals surface area contributed by atoms with E-state index in [1.54, 1.807) is 6.08 Å². The molecule has 0 aliphatic heterocycles. The second kappa shape index (κ2) is 30.1. The molecule has 0 fully saturated rings. The van der Waals surface area contributed by atoms with Crippen LogP contribution in [0.4, 0.5) is 0 Å². The first-order chi connectivity index (χ1) is 33.4. The van der Waals surface area contributed by atoms with Gasteiger partial charge in [0.15, 0.2) is 14.0 Å². The van der Waals surface area contributed by atoms with Crippen LogP contribution in [0, 0.1) is 11.8 Å². The summed E-state index contributed by atoms with van der Waals surface area (Å²) in [6.07, 6.45) is 14.0. The quantitative estimate of drug-likeness (QED) is 0.0428. The Hall–Kier alpha value is -2.80. The molecule has 0 saturated carbocycles. The van der Waals surface area contributed by atoms with Gasteiger partial charge in [-0.2, -0.15) is 0 Å². The Morgan fingerprint density at radius 3 is 1.93 bits per heavy atom. The van der Waals surface area contributed by atoms with Gasteiger partial charge in [-0.05, 0) is 74.1 Å². The van der Waals surface area contributed by atoms with E-state index in [4.69, 9.17) is 18.3 Å². The molecule has 11 nitrogen and oxygen atoms in total. The number of hydrogen-bond donors (Lipinski definition) is 2. The number of esters is 1. The van der Waals surface area contributed by atoms with Gasteiger partial charge in [-0.1, -0.05) is 68.5 Å². The molecule has 1 heterocycles. The maximum atomic E-state index is 14.5. The van der Waals surface area contributed by atoms with Gasteiger partial charge in [-0.3, -0.25) is 9.59 Å². The number of carbonyl (C=O) groups is 4. The number of Topliss-reactive ketones (excluding diaryl/α,β-unsaturated/α-hetero) is 1. The van der Waals surface area contributed by atoms with Crippen molar-refractivity contribution in [2.75, 3.05) is 6.54 Å². The summed E-state index contributed by atoms with van der Waals surface area (Å²) in [6.45, 7) is 37.9. The van der Waals surface area contributed by atoms with Crippen LogP contribution in [0.1, 0.15) is 157 Å². The number of nitrogens with one attached hydrogen (secondary N) is 2. The predicted molar refractivity (Wildman–Crippen MR) is 309 cm³/mol. The van der Waals surface area contributed by atoms with E-state index in [1.807, 2.05) is 98.4 Å². The van der Waals surface area contributed by atoms with Crippen molar-refractivity contribution in [1.29, 1.82) is 0 Å². The number of aromatic nitrogens is 1. The number of benzene rings is 1. The van der Waals surface area contributed by atoms with E-state index in [0.29, 0.717) is 17.7 Å². The molecule has 1 unspecified atom stereocenters. The molecule has 2 aromatic rings. The Labute approximate surface area is 450 Å². The third-order valence-corrected chi connectivity index (χ3v) is 34.0. The van der Waals surface area contributed by atoms with E-state index in [2.05, 4.69) is 96.4 Å². The summed E-state index contributed by atoms with van der Waals surface area (Å²) in [5.74, 6) is -1.16. The third kappa shape index (κ3) is 23.4. The first kappa shape index (κ1) is 65.3. The van der Waals surface area contributed by atoms with Gasteiger partial charge in [0, 0.05) is 12.8 Å². The second-order valence-electron chi connectivity index (χ2n) is 23.9. The van der Waals surface area contributed by atoms with Gasteiger partial charge in [-0.15, -0.1) is 0 Å². The normalized spacial score (nSPS) is 14.9. The average molecular weight is 1210 g/mol. The van der Waals surface area contributed by atoms with Gasteiger partial charge in [0.1, 0.15) is 30.6 Å². The summed E-state index contributed by atoms with van der Waals surface area (Å²) in [7, 11) is -4.60. The van der Waals surface area contributed by atoms with Gasteiger partial charge >= 0.3 is 196 Å². The van der Waals surface area contributed by atoms with Crippen LogP contribution in [-0.2, 0) is 36.4 Å². The standard InChI is InChI=1S/C45H69BrN3O8Si2.3C4H9.Sn/c1-17-24-47-37(51)23-18-30(4)40(29(2)3)55-42(53)36(26-32-19-21-34(22-20-32)56-44(6,7)8)48-41(52)39-43(58(12,13)14)54-38(49-39)28-33(50)27-35(25-31(5)46)57-59(15,16)45(9,10)11;3*1-3-4-2;/h1,17-23,25,29-30,35-36,40H,24,26-28H2,2-16H3,(H,47,51)(H,48,52);3*1,3-4H2,2H3;/b17-1?,23-18+,31-25+;;;;/t30-,35-,36?,40-;;;;/m1..../s1. The number of allylic oxidation sites excluding steroid dienone is 1. The number of amides is 2. The number of nitrogens with zero attached hydrogens (tertiary/aromatic N) is 1. The number of ether oxygens (including phenoxy) is 2. The summed E-state index contributed by atoms with van der Waals surface area (Å²) in [6, 6.07) is 6.33. The van der Waals surface area contributed by atoms with Crippen molar-refractivity contribution < 1.29 is 37.5 Å². The number of halogens is 1. The second-order valence-corrected chi connectivity index (χ2v) is 47.9. The van der Waals surface area contributed by atoms with E-state index in [0.717, 1.165) is 10.0 Å². The summed E-state index contributed by atoms with van der Waals surface area (Å²) in [5.41, 5.74) is 0.434. The number of oxazole rings is 1. The summed E-state index contributed by atoms with van der Waals surface area (Å²) >= 11 is 1.06. The number of ketones is 1. The molecule has 2 N–H and O–H groups in total. The van der Waals surface area contributed by atoms with Crippen molar-refractivity contribution in [2.24, 2.45) is 11.8 Å². The van der Waals surface area contributed by atoms with Crippen LogP contribution >= 0.6 is 15.9 Å². The molecule has 2 rings (SSSR count). The molecular weight excluding hydrogens is 1110 g/mol. The van der Waals surface area contributed by atoms with Crippen molar-refractivity contribution in [3.05, 3.63) is 74.3 Å². The first-order valence-corrected chi connectivity index (χ1v) is 41.7. The Balaban J connectivity index is 2.43. The van der Waals surface area contributed by atoms with Crippen molar-refractivity contribution >= 4 is 79.6 Å². The van der Waals surface area contributed by atoms with Crippen molar-refractivity contribution in [3.8, 4) is 5.75 Å². The molecule has 0 spiro atoms. The average Bonchev–Trinajstić information content (AvgIpc) is 3.70. The van der Waals surface area contributed by atoms with Gasteiger partial charge < -0.3 is 18.9 Å². The van der Waals surface area contributed by atoms with Crippen molar-refractivity contribution in [3.63, 3.8) is 0 Å². The molecular formula is C57H96BrN3O8Si2Sn. The molecule has 1 aromatic heterocycles. The monoisotopic (exact) mass is 1210 g/mol. The molecule has 0 radical (unpaired) electrons. The van der Waals surface area contributed by atoms with E-state index >= 15 is 0 Å². The molecule has 15 heteroatoms. The SMILES string of the molecule is CCC[CH2][Sn](/[CH]=C/CNC(=O)/C=C/[C@@H](C)[C@H](OC(=O)C(Cc1ccc(OC(C)(C)C)cc1)NC(=O)c1nc(CC(=O)C[C@@H](/C=C(\C)Br)O[Si](C)(C)C(C)(C)C)oc1[Si](C)(C)C)C(C)C)([CH2]CCC)[CH2]CCC. The van der Waals surface area contributed by atoms with Crippen LogP contribution in [0.25, 0.3) is 0 Å². The molecule has 406 valence electrons. The van der Waals surface area contributed by atoms with Gasteiger partial charge in [0.05, 0.1) is 12.5 Å². The van der Waals surface area contributed by atoms with Crippen LogP contribution in [-0.4, -0.2) is 93.7 Å². The fourth-order valence-corrected chi connectivity index (χ4v) is 25.6. The molecule has 0 aliphatic rings. The van der Waals surface area contributed by atoms with E-state index < -0.39 is 70.5 Å². The zero-order chi connectivity index (χ0) is 54.7. The Morgan fingerprint density at radius 1 is 0.875 bits per heavy atom. The Kier molecular flexibility index (Phi) is 27.3. The number of rotatable bonds is 31. The number of carbonyl (C=O) groups excluding carboxylic acids is 4. The van der Waals surface area contributed by atoms with Gasteiger partial charge in [-0.25, -0.2) is 4.98 Å². The minimum atomic E-state index is -2.47. The number of unbranched alkanes of at least 4 members (excludes halogenated alkanes) is 3. The number of hydrogen-bond acceptors (Lipinski definition) is 9. The molecule has 0 saturated heterocycles. The molecule has 0 aliphatic carbocycles. The fraction of sp³-hybridized carbons (Fsp3) is 0.667. The topological polar surface area (TPSA) is 146 Å². The first-order valence-electron chi connectivity index (χ1n) is 26.8. The predicted octanol–water partition coefficient (Wildman–Crippen LogP) is 13.7. The maximum absolute atomic E-state index is 14.5. The van der Waals surface area contributed by atoms with Gasteiger partial charge in [0.25, 0.3) is 5.91 Å². The van der Waals surface area contributed by atoms with Crippen LogP contribution in [0.15, 0.2) is 61.6 Å². The molecule has 4 atom stereocenters. The third-order valence-electron chi connectivity index (χ3n) is 13.3. The van der Waals surface area contributed by atoms with E-state index in [1.165, 1.54) is 57.9 Å². The molecule has 0 bridgehead atoms. The van der Waals surface area contributed by atoms with E-state index in [9.17, 15) is 19.2 Å². The summed E-state index contributed by atoms with van der Waals surface area (Å²) in [5, 5.41) is 6.41. The zero-order valence-electron chi connectivity index (χ0n) is 47.9. The van der Waals surface area contributed by atoms with Crippen LogP contribution in [0.3, 0.4) is 0 Å². The van der Waals surface area contributed by atoms with Crippen molar-refractivity contribution in [1.82, 2.24) is 15.6 Å². The van der Waals surface area contributed by atoms with Crippen molar-refractivity contribution in [2.45, 2.75) is 223 Å². The van der Waals surface area contributed by atoms with Crippen LogP contribution in [0.2, 0.25) is 51.1 Å². The molecule has 1 aromatic carbocycles. The van der Waals surface area contributed by atoms with Crippen LogP contribution in [0.5, 0.6) is 5.75 Å². The fourth-order valence-electron chi connectivity index (χ4n) is 8.37. The Bertz CT molecular complexity index is 2090. The van der Waals surface area contributed by atoms with E-state index in [-0.39, 0.29) is 59.4 Å². The summed E-state index contributed by atoms with van der Waals surface area (Å²) in [4.78, 5) is 60.6. The van der Waals surface area contributed by atoms with Crippen LogP contribution < -0.4 is 20.8 Å². The summed E-state index contributed by atoms with van der Waals surface area (Å²) < 4.78 is 32.9. The zero-order valence-corrected chi connectivity index (χ0v) is 54.3.